The van der Waals surface area contributed by atoms with E-state index in [2.05, 4.69) is 10.4 Å². The summed E-state index contributed by atoms with van der Waals surface area (Å²) in [6.45, 7) is 0. The minimum absolute atomic E-state index is 0.335. The molecule has 0 aliphatic carbocycles. The van der Waals surface area contributed by atoms with Crippen molar-refractivity contribution < 1.29 is 19.1 Å². The number of carbonyl (C=O) groups excluding carboxylic acids is 1. The third-order valence-corrected chi connectivity index (χ3v) is 5.14. The second-order valence-electron chi connectivity index (χ2n) is 6.42. The molecule has 0 saturated carbocycles. The highest BCUT2D eigenvalue weighted by Gasteiger charge is 2.13. The Kier molecular flexibility index (Phi) is 6.35. The van der Waals surface area contributed by atoms with E-state index in [1.54, 1.807) is 53.4 Å². The highest BCUT2D eigenvalue weighted by molar-refractivity contribution is 7.50. The Balaban J connectivity index is 1.70. The summed E-state index contributed by atoms with van der Waals surface area (Å²) in [6.07, 6.45) is 4.41. The van der Waals surface area contributed by atoms with Gasteiger partial charge >= 0.3 is 7.60 Å². The number of nitrogens with one attached hydrogen (secondary N) is 1. The van der Waals surface area contributed by atoms with E-state index in [-0.39, 0.29) is 12.1 Å². The van der Waals surface area contributed by atoms with Gasteiger partial charge in [0.05, 0.1) is 18.1 Å². The van der Waals surface area contributed by atoms with Crippen molar-refractivity contribution in [3.8, 4) is 11.3 Å². The number of benzene rings is 2. The largest absolute Gasteiger partial charge is 0.329 e. The van der Waals surface area contributed by atoms with Gasteiger partial charge in [0.15, 0.2) is 0 Å². The van der Waals surface area contributed by atoms with Crippen LogP contribution in [0, 0.1) is 0 Å². The Hall–Kier alpha value is -2.70. The molecule has 9 heteroatoms. The maximum absolute atomic E-state index is 12.2. The average molecular weight is 432 g/mol. The first kappa shape index (κ1) is 21.0. The van der Waals surface area contributed by atoms with Crippen molar-refractivity contribution in [1.29, 1.82) is 0 Å². The van der Waals surface area contributed by atoms with Crippen molar-refractivity contribution in [1.82, 2.24) is 9.78 Å². The second-order valence-corrected chi connectivity index (χ2v) is 8.50. The number of nitrogens with zero attached hydrogens (tertiary/aromatic N) is 2. The molecule has 7 nitrogen and oxygen atoms in total. The monoisotopic (exact) mass is 431 g/mol. The molecule has 0 fully saturated rings. The maximum atomic E-state index is 12.2. The van der Waals surface area contributed by atoms with E-state index in [1.165, 1.54) is 6.08 Å². The van der Waals surface area contributed by atoms with Gasteiger partial charge in [-0.15, -0.1) is 0 Å². The molecule has 3 aromatic rings. The summed E-state index contributed by atoms with van der Waals surface area (Å²) in [4.78, 5) is 30.2. The Morgan fingerprint density at radius 1 is 1.17 bits per heavy atom. The number of hydrogen-bond donors (Lipinski definition) is 3. The summed E-state index contributed by atoms with van der Waals surface area (Å²) in [5.41, 5.74) is 3.58. The van der Waals surface area contributed by atoms with E-state index in [4.69, 9.17) is 21.4 Å². The van der Waals surface area contributed by atoms with Crippen molar-refractivity contribution >= 4 is 36.9 Å². The molecule has 0 aliphatic heterocycles. The molecule has 2 aromatic carbocycles. The lowest BCUT2D eigenvalue weighted by Gasteiger charge is -2.06. The van der Waals surface area contributed by atoms with Crippen LogP contribution in [0.4, 0.5) is 5.69 Å². The van der Waals surface area contributed by atoms with Gasteiger partial charge in [-0.25, -0.2) is 0 Å². The van der Waals surface area contributed by atoms with Crippen LogP contribution < -0.4 is 5.32 Å². The second kappa shape index (κ2) is 8.76. The van der Waals surface area contributed by atoms with E-state index >= 15 is 0 Å². The molecule has 1 heterocycles. The first-order valence-electron chi connectivity index (χ1n) is 8.62. The minimum atomic E-state index is -4.12. The van der Waals surface area contributed by atoms with Crippen molar-refractivity contribution in [2.24, 2.45) is 7.05 Å². The van der Waals surface area contributed by atoms with Gasteiger partial charge in [0.25, 0.3) is 0 Å². The predicted octanol–water partition coefficient (Wildman–Crippen LogP) is 4.07. The quantitative estimate of drug-likeness (QED) is 0.403. The normalized spacial score (nSPS) is 11.7. The van der Waals surface area contributed by atoms with Gasteiger partial charge in [-0.2, -0.15) is 5.10 Å². The molecule has 29 heavy (non-hydrogen) atoms. The van der Waals surface area contributed by atoms with Crippen molar-refractivity contribution in [3.63, 3.8) is 0 Å². The first-order valence-corrected chi connectivity index (χ1v) is 10.8. The van der Waals surface area contributed by atoms with E-state index in [0.29, 0.717) is 16.3 Å². The Morgan fingerprint density at radius 3 is 2.45 bits per heavy atom. The predicted molar refractivity (Wildman–Crippen MR) is 114 cm³/mol. The molecule has 3 rings (SSSR count). The van der Waals surface area contributed by atoms with Gasteiger partial charge in [-0.3, -0.25) is 14.0 Å². The fourth-order valence-corrected chi connectivity index (χ4v) is 3.63. The molecule has 0 aliphatic rings. The number of halogens is 1. The Labute approximate surface area is 172 Å². The van der Waals surface area contributed by atoms with Gasteiger partial charge in [0, 0.05) is 35.0 Å². The van der Waals surface area contributed by atoms with Crippen LogP contribution in [0.25, 0.3) is 17.3 Å². The topological polar surface area (TPSA) is 104 Å². The van der Waals surface area contributed by atoms with E-state index < -0.39 is 7.60 Å². The van der Waals surface area contributed by atoms with Crippen LogP contribution >= 0.6 is 19.2 Å². The average Bonchev–Trinajstić information content (AvgIpc) is 3.02. The molecule has 150 valence electrons. The van der Waals surface area contributed by atoms with E-state index in [0.717, 1.165) is 16.8 Å². The van der Waals surface area contributed by atoms with Crippen LogP contribution in [-0.2, 0) is 22.6 Å². The molecule has 0 radical (unpaired) electrons. The van der Waals surface area contributed by atoms with Gasteiger partial charge < -0.3 is 15.1 Å². The van der Waals surface area contributed by atoms with Crippen LogP contribution in [0.2, 0.25) is 5.02 Å². The SMILES string of the molecule is Cn1ncc(/C=C/C(=O)Nc2ccc(CP(=O)(O)O)cc2)c1-c1ccc(Cl)cc1. The van der Waals surface area contributed by atoms with Crippen molar-refractivity contribution in [2.75, 3.05) is 5.32 Å². The maximum Gasteiger partial charge on any atom is 0.329 e. The van der Waals surface area contributed by atoms with Crippen LogP contribution in [0.15, 0.2) is 60.8 Å². The molecule has 0 spiro atoms. The van der Waals surface area contributed by atoms with Crippen LogP contribution in [0.1, 0.15) is 11.1 Å². The summed E-state index contributed by atoms with van der Waals surface area (Å²) >= 11 is 5.95. The van der Waals surface area contributed by atoms with Crippen LogP contribution in [-0.4, -0.2) is 25.5 Å². The lowest BCUT2D eigenvalue weighted by molar-refractivity contribution is -0.111. The highest BCUT2D eigenvalue weighted by atomic mass is 35.5. The van der Waals surface area contributed by atoms with Crippen LogP contribution in [0.3, 0.4) is 0 Å². The van der Waals surface area contributed by atoms with Crippen LogP contribution in [0.5, 0.6) is 0 Å². The molecule has 0 unspecified atom stereocenters. The summed E-state index contributed by atoms with van der Waals surface area (Å²) in [6, 6.07) is 13.7. The number of anilines is 1. The number of carbonyl (C=O) groups is 1. The molecule has 0 saturated heterocycles. The number of hydrogen-bond acceptors (Lipinski definition) is 3. The first-order chi connectivity index (χ1) is 13.7. The Bertz CT molecular complexity index is 1090. The van der Waals surface area contributed by atoms with Gasteiger partial charge in [-0.05, 0) is 35.9 Å². The number of aryl methyl sites for hydroxylation is 1. The smallest absolute Gasteiger partial charge is 0.324 e. The van der Waals surface area contributed by atoms with Gasteiger partial charge in [0.1, 0.15) is 0 Å². The minimum Gasteiger partial charge on any atom is -0.324 e. The van der Waals surface area contributed by atoms with E-state index in [9.17, 15) is 9.36 Å². The lowest BCUT2D eigenvalue weighted by atomic mass is 10.1. The molecule has 1 aromatic heterocycles. The molecular weight excluding hydrogens is 413 g/mol. The van der Waals surface area contributed by atoms with Crippen molar-refractivity contribution in [3.05, 3.63) is 77.0 Å². The Morgan fingerprint density at radius 2 is 1.83 bits per heavy atom. The summed E-state index contributed by atoms with van der Waals surface area (Å²) in [5.74, 6) is -0.335. The molecule has 3 N–H and O–H groups in total. The highest BCUT2D eigenvalue weighted by Crippen LogP contribution is 2.39. The number of aromatic nitrogens is 2. The standard InChI is InChI=1S/C20H19ClN3O4P/c1-24-20(15-4-7-17(21)8-5-15)16(12-22-24)6-11-19(25)23-18-9-2-14(3-10-18)13-29(26,27)28/h2-12H,13H2,1H3,(H,23,25)(H2,26,27,28)/b11-6+. The third kappa shape index (κ3) is 5.89. The number of amides is 1. The summed E-state index contributed by atoms with van der Waals surface area (Å²) in [5, 5.41) is 7.60. The van der Waals surface area contributed by atoms with Crippen molar-refractivity contribution in [2.45, 2.75) is 6.16 Å². The fourth-order valence-electron chi connectivity index (χ4n) is 2.82. The lowest BCUT2D eigenvalue weighted by Crippen LogP contribution is -2.07. The molecule has 0 atom stereocenters. The fraction of sp³-hybridized carbons (Fsp3) is 0.100. The molecule has 0 bridgehead atoms. The van der Waals surface area contributed by atoms with E-state index in [1.807, 2.05) is 19.2 Å². The van der Waals surface area contributed by atoms with Gasteiger partial charge in [-0.1, -0.05) is 35.9 Å². The number of rotatable bonds is 6. The molecule has 1 amide bonds. The third-order valence-electron chi connectivity index (χ3n) is 4.11. The summed E-state index contributed by atoms with van der Waals surface area (Å²) < 4.78 is 12.8. The zero-order chi connectivity index (χ0) is 21.0. The summed E-state index contributed by atoms with van der Waals surface area (Å²) in [7, 11) is -2.30. The molecular formula is C20H19ClN3O4P. The zero-order valence-electron chi connectivity index (χ0n) is 15.5. The zero-order valence-corrected chi connectivity index (χ0v) is 17.1. The van der Waals surface area contributed by atoms with Gasteiger partial charge in [0.2, 0.25) is 5.91 Å².